The van der Waals surface area contributed by atoms with E-state index in [1.165, 1.54) is 31.4 Å². The second-order valence-corrected chi connectivity index (χ2v) is 8.09. The number of nitrogens with one attached hydrogen (secondary N) is 1. The van der Waals surface area contributed by atoms with Crippen LogP contribution in [0.15, 0.2) is 29.2 Å². The van der Waals surface area contributed by atoms with Crippen LogP contribution in [0.25, 0.3) is 0 Å². The summed E-state index contributed by atoms with van der Waals surface area (Å²) >= 11 is 0. The molecule has 2 rings (SSSR count). The van der Waals surface area contributed by atoms with E-state index in [9.17, 15) is 13.2 Å². The second kappa shape index (κ2) is 7.42. The lowest BCUT2D eigenvalue weighted by molar-refractivity contribution is 0.0903. The van der Waals surface area contributed by atoms with E-state index in [-0.39, 0.29) is 28.7 Å². The Labute approximate surface area is 137 Å². The van der Waals surface area contributed by atoms with Crippen molar-refractivity contribution in [1.29, 1.82) is 0 Å². The maximum Gasteiger partial charge on any atom is 0.251 e. The maximum absolute atomic E-state index is 12.4. The van der Waals surface area contributed by atoms with Crippen molar-refractivity contribution >= 4 is 15.7 Å². The van der Waals surface area contributed by atoms with Crippen molar-refractivity contribution in [3.8, 4) is 0 Å². The zero-order valence-corrected chi connectivity index (χ0v) is 14.2. The van der Waals surface area contributed by atoms with E-state index in [0.29, 0.717) is 12.1 Å². The number of carbonyl (C=O) groups is 1. The summed E-state index contributed by atoms with van der Waals surface area (Å²) in [6.45, 7) is 0.561. The van der Waals surface area contributed by atoms with E-state index in [2.05, 4.69) is 5.32 Å². The Morgan fingerprint density at radius 1 is 1.26 bits per heavy atom. The highest BCUT2D eigenvalue weighted by Gasteiger charge is 2.34. The first-order chi connectivity index (χ1) is 10.9. The van der Waals surface area contributed by atoms with Crippen LogP contribution < -0.4 is 11.1 Å². The highest BCUT2D eigenvalue weighted by atomic mass is 32.2. The number of rotatable bonds is 7. The highest BCUT2D eigenvalue weighted by Crippen LogP contribution is 2.29. The van der Waals surface area contributed by atoms with Gasteiger partial charge in [-0.05, 0) is 37.1 Å². The van der Waals surface area contributed by atoms with Crippen LogP contribution in [0.3, 0.4) is 0 Å². The molecule has 1 aliphatic rings. The first kappa shape index (κ1) is 17.9. The Morgan fingerprint density at radius 3 is 2.39 bits per heavy atom. The highest BCUT2D eigenvalue weighted by molar-refractivity contribution is 7.91. The van der Waals surface area contributed by atoms with Crippen molar-refractivity contribution < 1.29 is 17.9 Å². The summed E-state index contributed by atoms with van der Waals surface area (Å²) in [6, 6.07) is 6.00. The van der Waals surface area contributed by atoms with Gasteiger partial charge in [0.15, 0.2) is 9.84 Å². The van der Waals surface area contributed by atoms with Gasteiger partial charge in [-0.1, -0.05) is 12.8 Å². The minimum atomic E-state index is -3.38. The van der Waals surface area contributed by atoms with Crippen molar-refractivity contribution in [2.75, 3.05) is 26.0 Å². The molecule has 0 bridgehead atoms. The van der Waals surface area contributed by atoms with Crippen LogP contribution in [0.2, 0.25) is 0 Å². The van der Waals surface area contributed by atoms with Gasteiger partial charge in [0.25, 0.3) is 5.91 Å². The molecular formula is C16H24N2O4S. The van der Waals surface area contributed by atoms with Gasteiger partial charge in [0, 0.05) is 19.2 Å². The number of benzene rings is 1. The van der Waals surface area contributed by atoms with E-state index in [4.69, 9.17) is 10.5 Å². The van der Waals surface area contributed by atoms with Gasteiger partial charge in [-0.3, -0.25) is 4.79 Å². The molecule has 0 unspecified atom stereocenters. The molecule has 0 radical (unpaired) electrons. The van der Waals surface area contributed by atoms with Gasteiger partial charge in [0.2, 0.25) is 0 Å². The van der Waals surface area contributed by atoms with E-state index in [1.54, 1.807) is 0 Å². The summed E-state index contributed by atoms with van der Waals surface area (Å²) < 4.78 is 28.9. The minimum Gasteiger partial charge on any atom is -0.384 e. The van der Waals surface area contributed by atoms with Gasteiger partial charge in [0.1, 0.15) is 0 Å². The summed E-state index contributed by atoms with van der Waals surface area (Å²) in [5.41, 5.74) is 5.94. The molecule has 1 aromatic carbocycles. The van der Waals surface area contributed by atoms with Crippen LogP contribution in [0, 0.1) is 0 Å². The fourth-order valence-electron chi connectivity index (χ4n) is 2.87. The normalized spacial score (nSPS) is 17.1. The Morgan fingerprint density at radius 2 is 1.87 bits per heavy atom. The van der Waals surface area contributed by atoms with Gasteiger partial charge in [0.05, 0.1) is 22.8 Å². The predicted molar refractivity (Wildman–Crippen MR) is 88.1 cm³/mol. The van der Waals surface area contributed by atoms with E-state index < -0.39 is 9.84 Å². The lowest BCUT2D eigenvalue weighted by Gasteiger charge is -2.28. The monoisotopic (exact) mass is 340 g/mol. The average Bonchev–Trinajstić information content (AvgIpc) is 3.02. The molecule has 1 aromatic rings. The molecule has 1 fully saturated rings. The van der Waals surface area contributed by atoms with Crippen molar-refractivity contribution in [3.63, 3.8) is 0 Å². The average molecular weight is 340 g/mol. The molecular weight excluding hydrogens is 316 g/mol. The third kappa shape index (κ3) is 4.31. The number of hydrogen-bond donors (Lipinski definition) is 2. The van der Waals surface area contributed by atoms with Crippen LogP contribution in [0.1, 0.15) is 36.0 Å². The Balaban J connectivity index is 2.08. The van der Waals surface area contributed by atoms with Gasteiger partial charge in [-0.2, -0.15) is 0 Å². The molecule has 0 aliphatic heterocycles. The van der Waals surface area contributed by atoms with Gasteiger partial charge in [-0.15, -0.1) is 0 Å². The molecule has 1 amide bonds. The molecule has 0 heterocycles. The van der Waals surface area contributed by atoms with Crippen LogP contribution in [-0.4, -0.2) is 45.9 Å². The van der Waals surface area contributed by atoms with Gasteiger partial charge in [-0.25, -0.2) is 8.42 Å². The molecule has 0 atom stereocenters. The van der Waals surface area contributed by atoms with Crippen LogP contribution in [-0.2, 0) is 14.6 Å². The molecule has 0 aromatic heterocycles. The van der Waals surface area contributed by atoms with Gasteiger partial charge < -0.3 is 15.8 Å². The zero-order chi connectivity index (χ0) is 16.9. The van der Waals surface area contributed by atoms with Crippen molar-refractivity contribution in [2.45, 2.75) is 36.1 Å². The zero-order valence-electron chi connectivity index (χ0n) is 13.4. The fraction of sp³-hybridized carbons (Fsp3) is 0.562. The maximum atomic E-state index is 12.4. The van der Waals surface area contributed by atoms with E-state index >= 15 is 0 Å². The third-order valence-corrected chi connectivity index (χ3v) is 6.06. The number of methoxy groups -OCH3 is 1. The SMILES string of the molecule is COCCS(=O)(=O)c1ccc(C(=O)NC2(CN)CCCC2)cc1. The standard InChI is InChI=1S/C16H24N2O4S/c1-22-10-11-23(20,21)14-6-4-13(5-7-14)15(19)18-16(12-17)8-2-3-9-16/h4-7H,2-3,8-12,17H2,1H3,(H,18,19). The smallest absolute Gasteiger partial charge is 0.251 e. The second-order valence-electron chi connectivity index (χ2n) is 5.98. The third-order valence-electron chi connectivity index (χ3n) is 4.36. The molecule has 1 saturated carbocycles. The molecule has 23 heavy (non-hydrogen) atoms. The first-order valence-electron chi connectivity index (χ1n) is 7.77. The molecule has 0 spiro atoms. The summed E-state index contributed by atoms with van der Waals surface area (Å²) in [4.78, 5) is 12.6. The van der Waals surface area contributed by atoms with Crippen LogP contribution >= 0.6 is 0 Å². The summed E-state index contributed by atoms with van der Waals surface area (Å²) in [5, 5.41) is 3.02. The van der Waals surface area contributed by atoms with Crippen molar-refractivity contribution in [2.24, 2.45) is 5.73 Å². The van der Waals surface area contributed by atoms with Crippen LogP contribution in [0.4, 0.5) is 0 Å². The minimum absolute atomic E-state index is 0.0780. The van der Waals surface area contributed by atoms with Crippen LogP contribution in [0.5, 0.6) is 0 Å². The van der Waals surface area contributed by atoms with Gasteiger partial charge >= 0.3 is 0 Å². The fourth-order valence-corrected chi connectivity index (χ4v) is 4.04. The lowest BCUT2D eigenvalue weighted by atomic mass is 9.97. The number of nitrogens with two attached hydrogens (primary N) is 1. The quantitative estimate of drug-likeness (QED) is 0.775. The topological polar surface area (TPSA) is 98.5 Å². The van der Waals surface area contributed by atoms with Crippen molar-refractivity contribution in [3.05, 3.63) is 29.8 Å². The predicted octanol–water partition coefficient (Wildman–Crippen LogP) is 1.11. The number of carbonyl (C=O) groups excluding carboxylic acids is 1. The van der Waals surface area contributed by atoms with E-state index in [1.807, 2.05) is 0 Å². The largest absolute Gasteiger partial charge is 0.384 e. The molecule has 3 N–H and O–H groups in total. The summed E-state index contributed by atoms with van der Waals surface area (Å²) in [6.07, 6.45) is 3.90. The Hall–Kier alpha value is -1.44. The number of ether oxygens (including phenoxy) is 1. The Bertz CT molecular complexity index is 635. The summed E-state index contributed by atoms with van der Waals surface area (Å²) in [7, 11) is -1.92. The molecule has 128 valence electrons. The number of hydrogen-bond acceptors (Lipinski definition) is 5. The van der Waals surface area contributed by atoms with Crippen molar-refractivity contribution in [1.82, 2.24) is 5.32 Å². The lowest BCUT2D eigenvalue weighted by Crippen LogP contribution is -2.51. The number of sulfone groups is 1. The van der Waals surface area contributed by atoms with E-state index in [0.717, 1.165) is 25.7 Å². The molecule has 7 heteroatoms. The molecule has 1 aliphatic carbocycles. The molecule has 0 saturated heterocycles. The number of amides is 1. The molecule has 6 nitrogen and oxygen atoms in total. The first-order valence-corrected chi connectivity index (χ1v) is 9.42. The summed E-state index contributed by atoms with van der Waals surface area (Å²) in [5.74, 6) is -0.288. The Kier molecular flexibility index (Phi) is 5.78.